The Labute approximate surface area is 308 Å². The first-order valence-corrected chi connectivity index (χ1v) is 18.6. The second-order valence-corrected chi connectivity index (χ2v) is 14.8. The van der Waals surface area contributed by atoms with Gasteiger partial charge < -0.3 is 39.7 Å². The van der Waals surface area contributed by atoms with Crippen molar-refractivity contribution < 1.29 is 33.8 Å². The number of nitrogens with zero attached hydrogens (tertiary/aromatic N) is 4. The van der Waals surface area contributed by atoms with Crippen molar-refractivity contribution in [2.24, 2.45) is 5.92 Å². The Morgan fingerprint density at radius 2 is 1.55 bits per heavy atom. The van der Waals surface area contributed by atoms with E-state index < -0.39 is 30.4 Å². The van der Waals surface area contributed by atoms with Crippen molar-refractivity contribution in [1.82, 2.24) is 40.4 Å². The lowest BCUT2D eigenvalue weighted by molar-refractivity contribution is -0.142. The molecule has 3 fully saturated rings. The summed E-state index contributed by atoms with van der Waals surface area (Å²) in [6, 6.07) is 13.4. The van der Waals surface area contributed by atoms with Crippen molar-refractivity contribution in [3.05, 3.63) is 60.3 Å². The Morgan fingerprint density at radius 1 is 0.849 bits per heavy atom. The van der Waals surface area contributed by atoms with Crippen LogP contribution in [-0.4, -0.2) is 98.4 Å². The molecule has 4 atom stereocenters. The average Bonchev–Trinajstić information content (AvgIpc) is 3.78. The number of ether oxygens (including phenoxy) is 2. The summed E-state index contributed by atoms with van der Waals surface area (Å²) in [6.07, 6.45) is 3.44. The van der Waals surface area contributed by atoms with Gasteiger partial charge in [-0.2, -0.15) is 0 Å². The number of carbonyl (C=O) groups excluding carboxylic acids is 4. The van der Waals surface area contributed by atoms with Crippen LogP contribution in [0.5, 0.6) is 0 Å². The van der Waals surface area contributed by atoms with Crippen molar-refractivity contribution in [3.63, 3.8) is 0 Å². The van der Waals surface area contributed by atoms with Crippen molar-refractivity contribution in [2.75, 3.05) is 27.3 Å². The van der Waals surface area contributed by atoms with Crippen molar-refractivity contribution in [1.29, 1.82) is 0 Å². The molecule has 5 heterocycles. The smallest absolute Gasteiger partial charge is 0.409 e. The number of aromatic amines is 2. The van der Waals surface area contributed by atoms with Gasteiger partial charge in [0.1, 0.15) is 17.7 Å². The van der Waals surface area contributed by atoms with Crippen molar-refractivity contribution in [2.45, 2.75) is 62.9 Å². The molecule has 0 radical (unpaired) electrons. The summed E-state index contributed by atoms with van der Waals surface area (Å²) in [5.74, 6) is 0.795. The van der Waals surface area contributed by atoms with Crippen LogP contribution in [0.2, 0.25) is 0 Å². The number of H-pyrrole nitrogens is 2. The van der Waals surface area contributed by atoms with Crippen LogP contribution >= 0.6 is 11.3 Å². The number of methoxy groups -OCH3 is 2. The van der Waals surface area contributed by atoms with Crippen LogP contribution in [-0.2, 0) is 19.1 Å². The minimum atomic E-state index is -1.71. The number of likely N-dealkylation sites (tertiary alicyclic amines) is 2. The molecule has 16 heteroatoms. The topological polar surface area (TPSA) is 195 Å². The molecule has 0 unspecified atom stereocenters. The van der Waals surface area contributed by atoms with Gasteiger partial charge in [0.25, 0.3) is 5.91 Å². The predicted octanol–water partition coefficient (Wildman–Crippen LogP) is 4.97. The van der Waals surface area contributed by atoms with E-state index in [1.54, 1.807) is 17.5 Å². The van der Waals surface area contributed by atoms with Crippen LogP contribution in [0.15, 0.2) is 48.7 Å². The molecule has 3 aromatic heterocycles. The summed E-state index contributed by atoms with van der Waals surface area (Å²) in [6.45, 7) is 1.05. The van der Waals surface area contributed by atoms with Gasteiger partial charge in [-0.05, 0) is 79.7 Å². The van der Waals surface area contributed by atoms with E-state index in [0.29, 0.717) is 25.3 Å². The summed E-state index contributed by atoms with van der Waals surface area (Å²) in [7, 11) is 2.47. The highest BCUT2D eigenvalue weighted by Gasteiger charge is 2.43. The Balaban J connectivity index is 0.992. The van der Waals surface area contributed by atoms with Gasteiger partial charge in [-0.3, -0.25) is 14.9 Å². The molecular formula is C37H40N8O7S. The van der Waals surface area contributed by atoms with E-state index in [9.17, 15) is 24.3 Å². The second kappa shape index (κ2) is 14.2. The molecule has 276 valence electrons. The molecule has 5 aromatic rings. The first-order valence-electron chi connectivity index (χ1n) is 17.8. The molecule has 0 spiro atoms. The summed E-state index contributed by atoms with van der Waals surface area (Å²) >= 11 is 1.62. The van der Waals surface area contributed by atoms with Gasteiger partial charge in [-0.15, -0.1) is 11.3 Å². The zero-order valence-corrected chi connectivity index (χ0v) is 30.1. The highest BCUT2D eigenvalue weighted by Crippen LogP contribution is 2.40. The maximum Gasteiger partial charge on any atom is 0.409 e. The second-order valence-electron chi connectivity index (χ2n) is 13.7. The third-order valence-electron chi connectivity index (χ3n) is 10.4. The number of fused-ring (bicyclic) bond motifs is 3. The van der Waals surface area contributed by atoms with Crippen LogP contribution in [0.25, 0.3) is 42.8 Å². The minimum Gasteiger partial charge on any atom is -0.453 e. The van der Waals surface area contributed by atoms with Crippen LogP contribution < -0.4 is 10.6 Å². The number of aliphatic hydroxyl groups is 1. The monoisotopic (exact) mass is 740 g/mol. The quantitative estimate of drug-likeness (QED) is 0.130. The Kier molecular flexibility index (Phi) is 9.24. The van der Waals surface area contributed by atoms with Gasteiger partial charge in [0, 0.05) is 23.4 Å². The highest BCUT2D eigenvalue weighted by molar-refractivity contribution is 7.18. The molecule has 2 aromatic carbocycles. The van der Waals surface area contributed by atoms with Crippen LogP contribution in [0.4, 0.5) is 9.59 Å². The fraction of sp³-hybridized carbons (Fsp3) is 0.405. The van der Waals surface area contributed by atoms with Crippen LogP contribution in [0.1, 0.15) is 62.3 Å². The molecule has 0 bridgehead atoms. The third kappa shape index (κ3) is 6.68. The maximum atomic E-state index is 13.7. The Bertz CT molecular complexity index is 2210. The van der Waals surface area contributed by atoms with Crippen molar-refractivity contribution in [3.8, 4) is 21.0 Å². The number of rotatable bonds is 9. The Morgan fingerprint density at radius 3 is 2.28 bits per heavy atom. The number of aliphatic hydroxyl groups excluding tert-OH is 1. The third-order valence-corrected chi connectivity index (χ3v) is 11.6. The Hall–Kier alpha value is -5.48. The number of amides is 4. The van der Waals surface area contributed by atoms with Gasteiger partial charge in [-0.25, -0.2) is 19.6 Å². The first-order chi connectivity index (χ1) is 25.7. The largest absolute Gasteiger partial charge is 0.453 e. The molecule has 2 aliphatic heterocycles. The standard InChI is InChI=1S/C37H40N8O7S/c1-51-36(49)42-29(19-7-8-19)34(47)44-15-4-6-26(44)32-39-23-12-10-20-17-21(9-11-22(20)30(23)41-32)27-13-14-28(53-27)24-18-38-31(40-24)25-5-3-16-45(25)35(48)33(46)43-37(50)52-2/h9-14,17-19,25-26,29,33,46H,3-8,15-16H2,1-2H3,(H,38,40)(H,39,41)(H,42,49)(H,43,50)/t25-,26-,29-,33-/m0/s1. The predicted molar refractivity (Wildman–Crippen MR) is 195 cm³/mol. The first kappa shape index (κ1) is 34.6. The van der Waals surface area contributed by atoms with E-state index in [1.807, 2.05) is 17.0 Å². The number of hydrogen-bond donors (Lipinski definition) is 5. The van der Waals surface area contributed by atoms with E-state index in [0.717, 1.165) is 87.9 Å². The molecule has 1 saturated carbocycles. The van der Waals surface area contributed by atoms with Gasteiger partial charge in [0.2, 0.25) is 12.1 Å². The zero-order valence-electron chi connectivity index (χ0n) is 29.3. The number of aromatic nitrogens is 4. The minimum absolute atomic E-state index is 0.0857. The lowest BCUT2D eigenvalue weighted by Gasteiger charge is -2.28. The highest BCUT2D eigenvalue weighted by atomic mass is 32.1. The van der Waals surface area contributed by atoms with Crippen LogP contribution in [0.3, 0.4) is 0 Å². The maximum absolute atomic E-state index is 13.7. The number of benzene rings is 2. The molecule has 53 heavy (non-hydrogen) atoms. The molecule has 1 aliphatic carbocycles. The van der Waals surface area contributed by atoms with Gasteiger partial charge >= 0.3 is 12.2 Å². The molecule has 3 aliphatic rings. The summed E-state index contributed by atoms with van der Waals surface area (Å²) in [5.41, 5.74) is 3.63. The van der Waals surface area contributed by atoms with E-state index in [1.165, 1.54) is 12.0 Å². The normalized spacial score (nSPS) is 19.8. The summed E-state index contributed by atoms with van der Waals surface area (Å²) in [4.78, 5) is 72.0. The van der Waals surface area contributed by atoms with Crippen molar-refractivity contribution >= 4 is 57.1 Å². The number of hydrogen-bond acceptors (Lipinski definition) is 10. The lowest BCUT2D eigenvalue weighted by atomic mass is 10.0. The molecule has 8 rings (SSSR count). The molecule has 4 amide bonds. The summed E-state index contributed by atoms with van der Waals surface area (Å²) < 4.78 is 9.29. The molecular weight excluding hydrogens is 701 g/mol. The lowest BCUT2D eigenvalue weighted by Crippen LogP contribution is -2.49. The van der Waals surface area contributed by atoms with E-state index in [4.69, 9.17) is 9.72 Å². The fourth-order valence-corrected chi connectivity index (χ4v) is 8.57. The SMILES string of the molecule is COC(=O)N[C@@H](O)C(=O)N1CCC[C@H]1c1ncc(-c2ccc(-c3ccc4c(ccc5nc([C@@H]6CCCN6C(=O)[C@@H](NC(=O)OC)C6CC6)[nH]c54)c3)s2)[nH]1. The average molecular weight is 741 g/mol. The summed E-state index contributed by atoms with van der Waals surface area (Å²) in [5, 5.41) is 17.2. The van der Waals surface area contributed by atoms with E-state index in [2.05, 4.69) is 60.7 Å². The molecule has 5 N–H and O–H groups in total. The molecule has 2 saturated heterocycles. The van der Waals surface area contributed by atoms with Gasteiger partial charge in [0.15, 0.2) is 0 Å². The molecule has 15 nitrogen and oxygen atoms in total. The number of carbonyl (C=O) groups is 4. The van der Waals surface area contributed by atoms with Gasteiger partial charge in [0.05, 0.1) is 54.1 Å². The number of thiophene rings is 1. The van der Waals surface area contributed by atoms with E-state index in [-0.39, 0.29) is 23.9 Å². The number of nitrogens with one attached hydrogen (secondary N) is 4. The zero-order chi connectivity index (χ0) is 36.8. The fourth-order valence-electron chi connectivity index (χ4n) is 7.60. The van der Waals surface area contributed by atoms with Crippen LogP contribution in [0, 0.1) is 5.92 Å². The van der Waals surface area contributed by atoms with Gasteiger partial charge in [-0.1, -0.05) is 18.2 Å². The number of alkyl carbamates (subject to hydrolysis) is 2. The number of imidazole rings is 2. The van der Waals surface area contributed by atoms with E-state index >= 15 is 0 Å².